The second-order valence-electron chi connectivity index (χ2n) is 15.8. The molecule has 0 spiro atoms. The van der Waals surface area contributed by atoms with Crippen molar-refractivity contribution >= 4 is 13.7 Å². The first-order valence-corrected chi connectivity index (χ1v) is 24.7. The zero-order valence-corrected chi connectivity index (χ0v) is 37.1. The Hall–Kier alpha value is -1.32. The van der Waals surface area contributed by atoms with E-state index in [1.165, 1.54) is 135 Å². The standard InChI is InChI=1S/C46H89N2O7P/c1-3-5-7-9-11-13-15-17-19-20-21-22-23-24-25-27-29-31-33-35-37-43(49)41-46(51)48-44(42-55-56(52,53)54-40-39-47)45(50)38-36-34-32-30-28-26-18-16-14-12-10-8-6-4-2/h23-24,28,30,36,38,43-45,49-50H,3-22,25-27,29,31-35,37,39-42,47H2,1-2H3,(H,48,51)(H,52,53)/b24-23-,30-28+,38-36+. The van der Waals surface area contributed by atoms with Gasteiger partial charge in [-0.15, -0.1) is 0 Å². The van der Waals surface area contributed by atoms with Crippen LogP contribution in [0.4, 0.5) is 0 Å². The maximum Gasteiger partial charge on any atom is 0.472 e. The summed E-state index contributed by atoms with van der Waals surface area (Å²) in [5, 5.41) is 24.0. The Morgan fingerprint density at radius 2 is 1.02 bits per heavy atom. The van der Waals surface area contributed by atoms with Gasteiger partial charge in [-0.2, -0.15) is 0 Å². The largest absolute Gasteiger partial charge is 0.472 e. The highest BCUT2D eigenvalue weighted by Gasteiger charge is 2.27. The van der Waals surface area contributed by atoms with Crippen molar-refractivity contribution < 1.29 is 33.5 Å². The molecule has 0 aliphatic carbocycles. The molecule has 0 fully saturated rings. The van der Waals surface area contributed by atoms with Crippen LogP contribution in [0.15, 0.2) is 36.5 Å². The number of unbranched alkanes of at least 4 members (excludes halogenated alkanes) is 25. The van der Waals surface area contributed by atoms with E-state index >= 15 is 0 Å². The van der Waals surface area contributed by atoms with Crippen molar-refractivity contribution in [3.63, 3.8) is 0 Å². The first-order chi connectivity index (χ1) is 27.3. The van der Waals surface area contributed by atoms with E-state index < -0.39 is 38.6 Å². The number of hydrogen-bond acceptors (Lipinski definition) is 7. The second-order valence-corrected chi connectivity index (χ2v) is 17.2. The molecule has 0 aliphatic rings. The molecule has 6 N–H and O–H groups in total. The maximum atomic E-state index is 12.8. The Morgan fingerprint density at radius 1 is 0.607 bits per heavy atom. The quantitative estimate of drug-likeness (QED) is 0.0232. The smallest absolute Gasteiger partial charge is 0.393 e. The fourth-order valence-corrected chi connectivity index (χ4v) is 7.48. The Bertz CT molecular complexity index is 993. The predicted molar refractivity (Wildman–Crippen MR) is 237 cm³/mol. The van der Waals surface area contributed by atoms with Gasteiger partial charge in [-0.25, -0.2) is 4.57 Å². The number of phosphoric ester groups is 1. The van der Waals surface area contributed by atoms with Crippen molar-refractivity contribution in [3.05, 3.63) is 36.5 Å². The number of nitrogens with one attached hydrogen (secondary N) is 1. The molecule has 0 heterocycles. The molecule has 10 heteroatoms. The van der Waals surface area contributed by atoms with E-state index in [-0.39, 0.29) is 19.6 Å². The minimum atomic E-state index is -4.41. The van der Waals surface area contributed by atoms with Crippen LogP contribution in [0.1, 0.15) is 213 Å². The van der Waals surface area contributed by atoms with Crippen LogP contribution >= 0.6 is 7.82 Å². The highest BCUT2D eigenvalue weighted by atomic mass is 31.2. The van der Waals surface area contributed by atoms with Crippen LogP contribution in [0.25, 0.3) is 0 Å². The Kier molecular flexibility index (Phi) is 40.8. The summed E-state index contributed by atoms with van der Waals surface area (Å²) in [6.45, 7) is 3.95. The van der Waals surface area contributed by atoms with Crippen LogP contribution in [0, 0.1) is 0 Å². The Balaban J connectivity index is 4.28. The van der Waals surface area contributed by atoms with E-state index in [9.17, 15) is 24.5 Å². The summed E-state index contributed by atoms with van der Waals surface area (Å²) < 4.78 is 22.1. The lowest BCUT2D eigenvalue weighted by atomic mass is 10.0. The molecule has 56 heavy (non-hydrogen) atoms. The van der Waals surface area contributed by atoms with Crippen LogP contribution in [0.3, 0.4) is 0 Å². The topological polar surface area (TPSA) is 151 Å². The summed E-state index contributed by atoms with van der Waals surface area (Å²) in [6, 6.07) is -1.00. The molecule has 0 aliphatic heterocycles. The number of amides is 1. The van der Waals surface area contributed by atoms with Gasteiger partial charge in [-0.3, -0.25) is 13.8 Å². The first-order valence-electron chi connectivity index (χ1n) is 23.2. The summed E-state index contributed by atoms with van der Waals surface area (Å²) in [6.07, 6.45) is 46.7. The van der Waals surface area contributed by atoms with Gasteiger partial charge in [0, 0.05) is 6.54 Å². The van der Waals surface area contributed by atoms with Crippen molar-refractivity contribution in [2.75, 3.05) is 19.8 Å². The Morgan fingerprint density at radius 3 is 1.48 bits per heavy atom. The summed E-state index contributed by atoms with van der Waals surface area (Å²) in [7, 11) is -4.41. The molecule has 0 aromatic heterocycles. The second kappa shape index (κ2) is 41.8. The number of hydrogen-bond donors (Lipinski definition) is 5. The van der Waals surface area contributed by atoms with Gasteiger partial charge in [0.05, 0.1) is 37.9 Å². The minimum absolute atomic E-state index is 0.0434. The minimum Gasteiger partial charge on any atom is -0.393 e. The van der Waals surface area contributed by atoms with E-state index in [0.29, 0.717) is 12.8 Å². The van der Waals surface area contributed by atoms with Crippen molar-refractivity contribution in [1.82, 2.24) is 5.32 Å². The van der Waals surface area contributed by atoms with Gasteiger partial charge in [0.1, 0.15) is 0 Å². The first kappa shape index (κ1) is 54.7. The van der Waals surface area contributed by atoms with E-state index in [2.05, 4.69) is 43.5 Å². The molecule has 0 saturated heterocycles. The molecule has 0 saturated carbocycles. The van der Waals surface area contributed by atoms with Crippen LogP contribution in [0.2, 0.25) is 0 Å². The fourth-order valence-electron chi connectivity index (χ4n) is 6.72. The lowest BCUT2D eigenvalue weighted by Crippen LogP contribution is -2.46. The number of carbonyl (C=O) groups excluding carboxylic acids is 1. The number of allylic oxidation sites excluding steroid dienone is 5. The van der Waals surface area contributed by atoms with Gasteiger partial charge in [-0.05, 0) is 57.8 Å². The van der Waals surface area contributed by atoms with E-state index in [4.69, 9.17) is 14.8 Å². The van der Waals surface area contributed by atoms with E-state index in [1.54, 1.807) is 6.08 Å². The molecule has 1 amide bonds. The fraction of sp³-hybridized carbons (Fsp3) is 0.848. The van der Waals surface area contributed by atoms with Crippen LogP contribution in [0.5, 0.6) is 0 Å². The summed E-state index contributed by atoms with van der Waals surface area (Å²) >= 11 is 0. The number of nitrogens with two attached hydrogens (primary N) is 1. The van der Waals surface area contributed by atoms with Crippen LogP contribution in [-0.4, -0.2) is 59.0 Å². The lowest BCUT2D eigenvalue weighted by molar-refractivity contribution is -0.124. The predicted octanol–water partition coefficient (Wildman–Crippen LogP) is 12.1. The highest BCUT2D eigenvalue weighted by molar-refractivity contribution is 7.47. The third-order valence-corrected chi connectivity index (χ3v) is 11.2. The van der Waals surface area contributed by atoms with E-state index in [0.717, 1.165) is 44.9 Å². The Labute approximate surface area is 344 Å². The SMILES string of the molecule is CCCCCCCCCC/C=C/CC/C=C/C(O)C(COP(=O)(O)OCCN)NC(=O)CC(O)CCCCCCC/C=C\CCCCCCCCCCCCC. The zero-order chi connectivity index (χ0) is 41.2. The number of rotatable bonds is 43. The highest BCUT2D eigenvalue weighted by Crippen LogP contribution is 2.43. The molecule has 4 unspecified atom stereocenters. The zero-order valence-electron chi connectivity index (χ0n) is 36.2. The number of aliphatic hydroxyl groups excluding tert-OH is 2. The van der Waals surface area contributed by atoms with Crippen molar-refractivity contribution in [2.45, 2.75) is 231 Å². The van der Waals surface area contributed by atoms with Crippen molar-refractivity contribution in [2.24, 2.45) is 5.73 Å². The molecular weight excluding hydrogens is 723 g/mol. The number of phosphoric acid groups is 1. The summed E-state index contributed by atoms with van der Waals surface area (Å²) in [5.41, 5.74) is 5.36. The third kappa shape index (κ3) is 39.5. The van der Waals surface area contributed by atoms with Gasteiger partial charge >= 0.3 is 7.82 Å². The third-order valence-electron chi connectivity index (χ3n) is 10.2. The molecule has 4 atom stereocenters. The molecule has 0 aromatic carbocycles. The van der Waals surface area contributed by atoms with Gasteiger partial charge in [0.25, 0.3) is 0 Å². The average molecular weight is 813 g/mol. The van der Waals surface area contributed by atoms with Crippen LogP contribution < -0.4 is 11.1 Å². The van der Waals surface area contributed by atoms with Gasteiger partial charge in [0.2, 0.25) is 5.91 Å². The van der Waals surface area contributed by atoms with Gasteiger partial charge < -0.3 is 26.2 Å². The molecule has 0 aromatic rings. The van der Waals surface area contributed by atoms with E-state index in [1.807, 2.05) is 6.08 Å². The van der Waals surface area contributed by atoms with Gasteiger partial charge in [0.15, 0.2) is 0 Å². The average Bonchev–Trinajstić information content (AvgIpc) is 3.17. The maximum absolute atomic E-state index is 12.8. The molecular formula is C46H89N2O7P. The van der Waals surface area contributed by atoms with Crippen LogP contribution in [-0.2, 0) is 18.4 Å². The molecule has 0 rings (SSSR count). The van der Waals surface area contributed by atoms with Crippen molar-refractivity contribution in [1.29, 1.82) is 0 Å². The molecule has 330 valence electrons. The monoisotopic (exact) mass is 813 g/mol. The number of carbonyl (C=O) groups is 1. The van der Waals surface area contributed by atoms with Crippen molar-refractivity contribution in [3.8, 4) is 0 Å². The normalized spacial score (nSPS) is 14.9. The molecule has 0 bridgehead atoms. The summed E-state index contributed by atoms with van der Waals surface area (Å²) in [5.74, 6) is -0.460. The molecule has 0 radical (unpaired) electrons. The molecule has 9 nitrogen and oxygen atoms in total. The lowest BCUT2D eigenvalue weighted by Gasteiger charge is -2.24. The summed E-state index contributed by atoms with van der Waals surface area (Å²) in [4.78, 5) is 22.8. The number of aliphatic hydroxyl groups is 2. The van der Waals surface area contributed by atoms with Gasteiger partial charge in [-0.1, -0.05) is 185 Å².